The summed E-state index contributed by atoms with van der Waals surface area (Å²) in [4.78, 5) is 15.7. The lowest BCUT2D eigenvalue weighted by Gasteiger charge is -2.33. The summed E-state index contributed by atoms with van der Waals surface area (Å²) in [5.74, 6) is 0.829. The molecule has 4 nitrogen and oxygen atoms in total. The van der Waals surface area contributed by atoms with Crippen molar-refractivity contribution in [1.29, 1.82) is 0 Å². The summed E-state index contributed by atoms with van der Waals surface area (Å²) in [5, 5.41) is 3.26. The molecule has 1 aliphatic rings. The maximum atomic E-state index is 11.8. The van der Waals surface area contributed by atoms with E-state index >= 15 is 0 Å². The zero-order valence-corrected chi connectivity index (χ0v) is 9.79. The van der Waals surface area contributed by atoms with E-state index in [-0.39, 0.29) is 11.9 Å². The fraction of sp³-hybridized carbons (Fsp3) is 0.455. The van der Waals surface area contributed by atoms with Crippen molar-refractivity contribution in [2.45, 2.75) is 25.8 Å². The summed E-state index contributed by atoms with van der Waals surface area (Å²) in [6.45, 7) is 2.17. The number of aromatic nitrogens is 1. The van der Waals surface area contributed by atoms with Crippen molar-refractivity contribution < 1.29 is 4.79 Å². The second-order valence-corrected chi connectivity index (χ2v) is 4.74. The molecule has 0 aromatic carbocycles. The Morgan fingerprint density at radius 3 is 2.94 bits per heavy atom. The Labute approximate surface area is 99.2 Å². The minimum absolute atomic E-state index is 0.170. The highest BCUT2D eigenvalue weighted by Gasteiger charge is 2.27. The van der Waals surface area contributed by atoms with Crippen LogP contribution in [-0.4, -0.2) is 16.9 Å². The fourth-order valence-electron chi connectivity index (χ4n) is 1.91. The van der Waals surface area contributed by atoms with Crippen LogP contribution in [0.4, 0.5) is 5.82 Å². The van der Waals surface area contributed by atoms with Crippen LogP contribution in [0, 0.1) is 5.92 Å². The normalized spacial score (nSPS) is 23.6. The van der Waals surface area contributed by atoms with Crippen molar-refractivity contribution in [2.75, 3.05) is 5.73 Å². The number of hydrogen-bond acceptors (Lipinski definition) is 3. The number of carbonyl (C=O) groups is 1. The van der Waals surface area contributed by atoms with Crippen LogP contribution in [0.5, 0.6) is 0 Å². The summed E-state index contributed by atoms with van der Waals surface area (Å²) >= 11 is 5.89. The van der Waals surface area contributed by atoms with Gasteiger partial charge in [0.1, 0.15) is 5.82 Å². The number of pyridine rings is 1. The van der Waals surface area contributed by atoms with Gasteiger partial charge in [-0.25, -0.2) is 4.98 Å². The van der Waals surface area contributed by atoms with Crippen molar-refractivity contribution in [1.82, 2.24) is 10.3 Å². The van der Waals surface area contributed by atoms with Crippen LogP contribution >= 0.6 is 11.6 Å². The highest BCUT2D eigenvalue weighted by atomic mass is 35.5. The lowest BCUT2D eigenvalue weighted by atomic mass is 9.82. The topological polar surface area (TPSA) is 68.0 Å². The van der Waals surface area contributed by atoms with Gasteiger partial charge in [-0.1, -0.05) is 18.5 Å². The van der Waals surface area contributed by atoms with E-state index in [1.807, 2.05) is 0 Å². The van der Waals surface area contributed by atoms with E-state index in [0.29, 0.717) is 22.3 Å². The lowest BCUT2D eigenvalue weighted by molar-refractivity contribution is 0.0896. The number of anilines is 1. The molecule has 16 heavy (non-hydrogen) atoms. The van der Waals surface area contributed by atoms with Crippen LogP contribution in [0.1, 0.15) is 30.1 Å². The first kappa shape index (κ1) is 11.2. The smallest absolute Gasteiger partial charge is 0.253 e. The largest absolute Gasteiger partial charge is 0.384 e. The van der Waals surface area contributed by atoms with Crippen LogP contribution in [-0.2, 0) is 0 Å². The molecule has 1 amide bonds. The Kier molecular flexibility index (Phi) is 3.01. The number of rotatable bonds is 2. The number of nitrogens with two attached hydrogens (primary N) is 1. The van der Waals surface area contributed by atoms with E-state index in [9.17, 15) is 4.79 Å². The molecule has 0 unspecified atom stereocenters. The third-order valence-electron chi connectivity index (χ3n) is 2.83. The van der Waals surface area contributed by atoms with Crippen molar-refractivity contribution in [3.63, 3.8) is 0 Å². The van der Waals surface area contributed by atoms with E-state index in [4.69, 9.17) is 17.3 Å². The molecule has 0 atom stereocenters. The molecule has 1 aromatic rings. The molecule has 3 N–H and O–H groups in total. The molecule has 1 aromatic heterocycles. The van der Waals surface area contributed by atoms with Crippen LogP contribution in [0.3, 0.4) is 0 Å². The average molecular weight is 240 g/mol. The molecule has 0 radical (unpaired) electrons. The Bertz CT molecular complexity index is 416. The van der Waals surface area contributed by atoms with Crippen LogP contribution < -0.4 is 11.1 Å². The van der Waals surface area contributed by atoms with Crippen LogP contribution in [0.15, 0.2) is 12.3 Å². The highest BCUT2D eigenvalue weighted by Crippen LogP contribution is 2.27. The third kappa shape index (κ3) is 2.27. The van der Waals surface area contributed by atoms with E-state index in [0.717, 1.165) is 12.8 Å². The molecular formula is C11H14ClN3O. The quantitative estimate of drug-likeness (QED) is 0.828. The molecule has 86 valence electrons. The summed E-state index contributed by atoms with van der Waals surface area (Å²) in [6.07, 6.45) is 3.46. The Hall–Kier alpha value is -1.29. The van der Waals surface area contributed by atoms with Gasteiger partial charge in [-0.15, -0.1) is 0 Å². The minimum Gasteiger partial charge on any atom is -0.384 e. The van der Waals surface area contributed by atoms with Gasteiger partial charge in [0, 0.05) is 12.2 Å². The summed E-state index contributed by atoms with van der Waals surface area (Å²) in [5.41, 5.74) is 5.91. The maximum absolute atomic E-state index is 11.8. The monoisotopic (exact) mass is 239 g/mol. The van der Waals surface area contributed by atoms with Gasteiger partial charge in [0.15, 0.2) is 0 Å². The Morgan fingerprint density at radius 2 is 2.31 bits per heavy atom. The van der Waals surface area contributed by atoms with Gasteiger partial charge in [-0.3, -0.25) is 4.79 Å². The number of nitrogens with one attached hydrogen (secondary N) is 1. The first-order valence-corrected chi connectivity index (χ1v) is 5.66. The SMILES string of the molecule is CC1CC(NC(=O)c2cc(N)ncc2Cl)C1. The zero-order chi connectivity index (χ0) is 11.7. The van der Waals surface area contributed by atoms with Gasteiger partial charge in [0.05, 0.1) is 10.6 Å². The molecule has 1 aliphatic carbocycles. The van der Waals surface area contributed by atoms with E-state index < -0.39 is 0 Å². The van der Waals surface area contributed by atoms with Crippen LogP contribution in [0.25, 0.3) is 0 Å². The third-order valence-corrected chi connectivity index (χ3v) is 3.13. The lowest BCUT2D eigenvalue weighted by Crippen LogP contribution is -2.43. The molecule has 1 heterocycles. The van der Waals surface area contributed by atoms with E-state index in [2.05, 4.69) is 17.2 Å². The molecule has 5 heteroatoms. The van der Waals surface area contributed by atoms with Gasteiger partial charge in [-0.05, 0) is 24.8 Å². The number of carbonyl (C=O) groups excluding carboxylic acids is 1. The number of nitrogen functional groups attached to an aromatic ring is 1. The van der Waals surface area contributed by atoms with Gasteiger partial charge in [-0.2, -0.15) is 0 Å². The minimum atomic E-state index is -0.170. The number of nitrogens with zero attached hydrogens (tertiary/aromatic N) is 1. The van der Waals surface area contributed by atoms with Gasteiger partial charge in [0.2, 0.25) is 0 Å². The molecule has 0 saturated heterocycles. The number of halogens is 1. The molecule has 2 rings (SSSR count). The molecule has 0 spiro atoms. The predicted molar refractivity (Wildman–Crippen MR) is 63.3 cm³/mol. The summed E-state index contributed by atoms with van der Waals surface area (Å²) in [6, 6.07) is 1.77. The number of amides is 1. The predicted octanol–water partition coefficient (Wildman–Crippen LogP) is 1.85. The molecule has 1 fully saturated rings. The van der Waals surface area contributed by atoms with Gasteiger partial charge >= 0.3 is 0 Å². The Balaban J connectivity index is 2.05. The fourth-order valence-corrected chi connectivity index (χ4v) is 2.10. The zero-order valence-electron chi connectivity index (χ0n) is 9.03. The van der Waals surface area contributed by atoms with Crippen molar-refractivity contribution >= 4 is 23.3 Å². The van der Waals surface area contributed by atoms with Crippen LogP contribution in [0.2, 0.25) is 5.02 Å². The van der Waals surface area contributed by atoms with Crippen molar-refractivity contribution in [3.05, 3.63) is 22.8 Å². The van der Waals surface area contributed by atoms with E-state index in [1.54, 1.807) is 0 Å². The maximum Gasteiger partial charge on any atom is 0.253 e. The van der Waals surface area contributed by atoms with Gasteiger partial charge in [0.25, 0.3) is 5.91 Å². The number of hydrogen-bond donors (Lipinski definition) is 2. The average Bonchev–Trinajstić information content (AvgIpc) is 2.19. The first-order valence-electron chi connectivity index (χ1n) is 5.28. The molecule has 0 aliphatic heterocycles. The van der Waals surface area contributed by atoms with E-state index in [1.165, 1.54) is 12.3 Å². The van der Waals surface area contributed by atoms with Crippen molar-refractivity contribution in [3.8, 4) is 0 Å². The molecule has 0 bridgehead atoms. The summed E-state index contributed by atoms with van der Waals surface area (Å²) in [7, 11) is 0. The standard InChI is InChI=1S/C11H14ClN3O/c1-6-2-7(3-6)15-11(16)8-4-10(13)14-5-9(8)12/h4-7H,2-3H2,1H3,(H2,13,14)(H,15,16). The second-order valence-electron chi connectivity index (χ2n) is 4.34. The highest BCUT2D eigenvalue weighted by molar-refractivity contribution is 6.33. The molecular weight excluding hydrogens is 226 g/mol. The summed E-state index contributed by atoms with van der Waals surface area (Å²) < 4.78 is 0. The molecule has 1 saturated carbocycles. The van der Waals surface area contributed by atoms with Crippen molar-refractivity contribution in [2.24, 2.45) is 5.92 Å². The Morgan fingerprint density at radius 1 is 1.62 bits per heavy atom. The second kappa shape index (κ2) is 4.29. The van der Waals surface area contributed by atoms with Gasteiger partial charge < -0.3 is 11.1 Å². The first-order chi connectivity index (χ1) is 7.56.